The van der Waals surface area contributed by atoms with Crippen LogP contribution < -0.4 is 11.1 Å². The van der Waals surface area contributed by atoms with Crippen molar-refractivity contribution in [2.24, 2.45) is 5.73 Å². The molecule has 1 aromatic rings. The highest BCUT2D eigenvalue weighted by Crippen LogP contribution is 2.35. The van der Waals surface area contributed by atoms with Crippen LogP contribution in [0.15, 0.2) is 24.3 Å². The van der Waals surface area contributed by atoms with E-state index in [1.165, 1.54) is 0 Å². The van der Waals surface area contributed by atoms with Crippen molar-refractivity contribution in [1.29, 1.82) is 0 Å². The summed E-state index contributed by atoms with van der Waals surface area (Å²) in [6.45, 7) is 5.94. The van der Waals surface area contributed by atoms with Crippen molar-refractivity contribution >= 4 is 5.91 Å². The molecular formula is C15H22N2O. The van der Waals surface area contributed by atoms with Crippen LogP contribution in [-0.4, -0.2) is 17.0 Å². The molecule has 18 heavy (non-hydrogen) atoms. The fraction of sp³-hybridized carbons (Fsp3) is 0.533. The fourth-order valence-corrected chi connectivity index (χ4v) is 1.98. The number of amides is 1. The molecule has 0 aromatic heterocycles. The first-order valence-corrected chi connectivity index (χ1v) is 6.48. The Hall–Kier alpha value is -1.35. The van der Waals surface area contributed by atoms with Crippen molar-refractivity contribution in [3.63, 3.8) is 0 Å². The zero-order valence-electron chi connectivity index (χ0n) is 11.4. The maximum Gasteiger partial charge on any atom is 0.251 e. The Morgan fingerprint density at radius 2 is 2.06 bits per heavy atom. The zero-order chi connectivity index (χ0) is 13.4. The largest absolute Gasteiger partial charge is 0.347 e. The van der Waals surface area contributed by atoms with E-state index >= 15 is 0 Å². The molecule has 1 aliphatic carbocycles. The van der Waals surface area contributed by atoms with Crippen molar-refractivity contribution in [1.82, 2.24) is 5.32 Å². The Kier molecular flexibility index (Phi) is 3.20. The van der Waals surface area contributed by atoms with E-state index in [1.54, 1.807) is 0 Å². The van der Waals surface area contributed by atoms with Crippen LogP contribution in [0.25, 0.3) is 0 Å². The van der Waals surface area contributed by atoms with Crippen LogP contribution >= 0.6 is 0 Å². The lowest BCUT2D eigenvalue weighted by Gasteiger charge is -2.20. The van der Waals surface area contributed by atoms with E-state index < -0.39 is 0 Å². The smallest absolute Gasteiger partial charge is 0.251 e. The van der Waals surface area contributed by atoms with Crippen molar-refractivity contribution in [3.8, 4) is 0 Å². The van der Waals surface area contributed by atoms with Crippen molar-refractivity contribution in [3.05, 3.63) is 35.4 Å². The first-order valence-electron chi connectivity index (χ1n) is 6.48. The molecular weight excluding hydrogens is 224 g/mol. The number of hydrogen-bond donors (Lipinski definition) is 2. The standard InChI is InChI=1S/C15H22N2O/c1-14(2,3)17-13(18)12-6-4-5-11(9-12)10-15(16)7-8-15/h4-6,9H,7-8,10,16H2,1-3H3,(H,17,18). The third-order valence-electron chi connectivity index (χ3n) is 3.13. The first-order chi connectivity index (χ1) is 8.27. The lowest BCUT2D eigenvalue weighted by Crippen LogP contribution is -2.40. The molecule has 0 bridgehead atoms. The zero-order valence-corrected chi connectivity index (χ0v) is 11.4. The van der Waals surface area contributed by atoms with Gasteiger partial charge in [-0.05, 0) is 57.7 Å². The van der Waals surface area contributed by atoms with Gasteiger partial charge in [0, 0.05) is 16.6 Å². The van der Waals surface area contributed by atoms with Gasteiger partial charge in [0.15, 0.2) is 0 Å². The van der Waals surface area contributed by atoms with Crippen LogP contribution in [-0.2, 0) is 6.42 Å². The second kappa shape index (κ2) is 4.39. The monoisotopic (exact) mass is 246 g/mol. The second-order valence-electron chi connectivity index (χ2n) is 6.44. The SMILES string of the molecule is CC(C)(C)NC(=O)c1cccc(CC2(N)CC2)c1. The molecule has 1 aromatic carbocycles. The van der Waals surface area contributed by atoms with Gasteiger partial charge < -0.3 is 11.1 Å². The third-order valence-corrected chi connectivity index (χ3v) is 3.13. The van der Waals surface area contributed by atoms with Gasteiger partial charge >= 0.3 is 0 Å². The normalized spacial score (nSPS) is 17.3. The van der Waals surface area contributed by atoms with Gasteiger partial charge in [-0.2, -0.15) is 0 Å². The molecule has 1 fully saturated rings. The van der Waals surface area contributed by atoms with Gasteiger partial charge in [-0.3, -0.25) is 4.79 Å². The summed E-state index contributed by atoms with van der Waals surface area (Å²) in [7, 11) is 0. The Bertz CT molecular complexity index is 456. The summed E-state index contributed by atoms with van der Waals surface area (Å²) in [4.78, 5) is 12.1. The van der Waals surface area contributed by atoms with Crippen LogP contribution in [0.1, 0.15) is 49.5 Å². The number of nitrogens with one attached hydrogen (secondary N) is 1. The summed E-state index contributed by atoms with van der Waals surface area (Å²) in [5.74, 6) is -0.0220. The number of nitrogens with two attached hydrogens (primary N) is 1. The Morgan fingerprint density at radius 3 is 2.61 bits per heavy atom. The van der Waals surface area contributed by atoms with Crippen molar-refractivity contribution in [2.45, 2.75) is 51.1 Å². The molecule has 0 atom stereocenters. The highest BCUT2D eigenvalue weighted by Gasteiger charge is 2.37. The van der Waals surface area contributed by atoms with Gasteiger partial charge in [0.1, 0.15) is 0 Å². The van der Waals surface area contributed by atoms with Crippen LogP contribution in [0.5, 0.6) is 0 Å². The predicted molar refractivity (Wildman–Crippen MR) is 73.5 cm³/mol. The molecule has 0 saturated heterocycles. The summed E-state index contributed by atoms with van der Waals surface area (Å²) < 4.78 is 0. The van der Waals surface area contributed by atoms with E-state index in [-0.39, 0.29) is 17.0 Å². The van der Waals surface area contributed by atoms with Gasteiger partial charge in [-0.25, -0.2) is 0 Å². The summed E-state index contributed by atoms with van der Waals surface area (Å²) >= 11 is 0. The maximum absolute atomic E-state index is 12.1. The third kappa shape index (κ3) is 3.57. The van der Waals surface area contributed by atoms with Gasteiger partial charge in [0.25, 0.3) is 5.91 Å². The minimum Gasteiger partial charge on any atom is -0.347 e. The van der Waals surface area contributed by atoms with E-state index in [4.69, 9.17) is 5.73 Å². The average molecular weight is 246 g/mol. The number of hydrogen-bond acceptors (Lipinski definition) is 2. The first kappa shape index (κ1) is 13.1. The van der Waals surface area contributed by atoms with Crippen LogP contribution in [0.3, 0.4) is 0 Å². The topological polar surface area (TPSA) is 55.1 Å². The Labute approximate surface area is 109 Å². The molecule has 0 spiro atoms. The Morgan fingerprint density at radius 1 is 1.39 bits per heavy atom. The number of carbonyl (C=O) groups is 1. The number of benzene rings is 1. The van der Waals surface area contributed by atoms with Crippen LogP contribution in [0.4, 0.5) is 0 Å². The number of carbonyl (C=O) groups excluding carboxylic acids is 1. The Balaban J connectivity index is 2.09. The van der Waals surface area contributed by atoms with E-state index in [2.05, 4.69) is 5.32 Å². The predicted octanol–water partition coefficient (Wildman–Crippen LogP) is 2.25. The molecule has 0 aliphatic heterocycles. The van der Waals surface area contributed by atoms with Crippen LogP contribution in [0, 0.1) is 0 Å². The quantitative estimate of drug-likeness (QED) is 0.859. The molecule has 0 radical (unpaired) electrons. The highest BCUT2D eigenvalue weighted by atomic mass is 16.1. The molecule has 0 heterocycles. The fourth-order valence-electron chi connectivity index (χ4n) is 1.98. The lowest BCUT2D eigenvalue weighted by molar-refractivity contribution is 0.0919. The molecule has 3 nitrogen and oxygen atoms in total. The van der Waals surface area contributed by atoms with Gasteiger partial charge in [0.05, 0.1) is 0 Å². The summed E-state index contributed by atoms with van der Waals surface area (Å²) in [6.07, 6.45) is 3.04. The molecule has 1 saturated carbocycles. The summed E-state index contributed by atoms with van der Waals surface area (Å²) in [5.41, 5.74) is 7.75. The molecule has 3 heteroatoms. The van der Waals surface area contributed by atoms with E-state index in [1.807, 2.05) is 45.0 Å². The molecule has 2 rings (SSSR count). The maximum atomic E-state index is 12.1. The van der Waals surface area contributed by atoms with Gasteiger partial charge in [0.2, 0.25) is 0 Å². The molecule has 1 aliphatic rings. The molecule has 3 N–H and O–H groups in total. The van der Waals surface area contributed by atoms with Crippen molar-refractivity contribution in [2.75, 3.05) is 0 Å². The average Bonchev–Trinajstić information content (AvgIpc) is 2.94. The van der Waals surface area contributed by atoms with Crippen LogP contribution in [0.2, 0.25) is 0 Å². The van der Waals surface area contributed by atoms with Gasteiger partial charge in [-0.15, -0.1) is 0 Å². The van der Waals surface area contributed by atoms with Gasteiger partial charge in [-0.1, -0.05) is 12.1 Å². The molecule has 98 valence electrons. The van der Waals surface area contributed by atoms with Crippen molar-refractivity contribution < 1.29 is 4.79 Å². The molecule has 1 amide bonds. The second-order valence-corrected chi connectivity index (χ2v) is 6.44. The van der Waals surface area contributed by atoms with E-state index in [0.29, 0.717) is 5.56 Å². The van der Waals surface area contributed by atoms with E-state index in [0.717, 1.165) is 24.8 Å². The summed E-state index contributed by atoms with van der Waals surface area (Å²) in [6, 6.07) is 7.77. The number of rotatable bonds is 3. The lowest BCUT2D eigenvalue weighted by atomic mass is 10.0. The minimum absolute atomic E-state index is 0.0148. The minimum atomic E-state index is -0.210. The highest BCUT2D eigenvalue weighted by molar-refractivity contribution is 5.94. The molecule has 0 unspecified atom stereocenters. The summed E-state index contributed by atoms with van der Waals surface area (Å²) in [5, 5.41) is 2.97. The van der Waals surface area contributed by atoms with E-state index in [9.17, 15) is 4.79 Å².